The van der Waals surface area contributed by atoms with E-state index in [0.29, 0.717) is 6.04 Å². The molecule has 0 amide bonds. The largest absolute Gasteiger partial charge is 0.368 e. The van der Waals surface area contributed by atoms with Crippen molar-refractivity contribution in [2.45, 2.75) is 33.2 Å². The molecule has 0 saturated carbocycles. The van der Waals surface area contributed by atoms with Gasteiger partial charge in [-0.2, -0.15) is 9.61 Å². The van der Waals surface area contributed by atoms with E-state index in [-0.39, 0.29) is 0 Å². The molecule has 0 aliphatic rings. The van der Waals surface area contributed by atoms with Gasteiger partial charge in [-0.1, -0.05) is 13.0 Å². The molecule has 0 unspecified atom stereocenters. The van der Waals surface area contributed by atoms with Crippen LogP contribution in [0.15, 0.2) is 23.6 Å². The summed E-state index contributed by atoms with van der Waals surface area (Å²) in [5, 5.41) is 10.4. The second-order valence-electron chi connectivity index (χ2n) is 6.31. The molecule has 0 aromatic carbocycles. The molecule has 3 aromatic rings. The van der Waals surface area contributed by atoms with Gasteiger partial charge in [-0.15, -0.1) is 11.3 Å². The summed E-state index contributed by atoms with van der Waals surface area (Å²) in [7, 11) is 4.24. The molecular formula is C18H25N5S. The molecule has 0 spiro atoms. The van der Waals surface area contributed by atoms with E-state index in [1.165, 1.54) is 4.88 Å². The van der Waals surface area contributed by atoms with Crippen LogP contribution in [-0.4, -0.2) is 40.1 Å². The van der Waals surface area contributed by atoms with E-state index in [0.717, 1.165) is 41.4 Å². The van der Waals surface area contributed by atoms with Crippen molar-refractivity contribution in [1.82, 2.24) is 19.5 Å². The van der Waals surface area contributed by atoms with Crippen LogP contribution < -0.4 is 5.32 Å². The summed E-state index contributed by atoms with van der Waals surface area (Å²) in [5.74, 6) is 1.01. The normalized spacial score (nSPS) is 12.9. The fraction of sp³-hybridized carbons (Fsp3) is 0.444. The molecule has 0 aliphatic carbocycles. The summed E-state index contributed by atoms with van der Waals surface area (Å²) in [6, 6.07) is 6.74. The highest BCUT2D eigenvalue weighted by molar-refractivity contribution is 7.10. The number of hydrogen-bond donors (Lipinski definition) is 1. The number of likely N-dealkylation sites (N-methyl/N-ethyl adjacent to an activating group) is 1. The zero-order valence-electron chi connectivity index (χ0n) is 15.0. The highest BCUT2D eigenvalue weighted by Crippen LogP contribution is 2.25. The Balaban J connectivity index is 1.93. The first-order chi connectivity index (χ1) is 11.5. The van der Waals surface area contributed by atoms with E-state index in [2.05, 4.69) is 66.8 Å². The van der Waals surface area contributed by atoms with Crippen LogP contribution in [-0.2, 0) is 6.42 Å². The predicted octanol–water partition coefficient (Wildman–Crippen LogP) is 3.68. The minimum Gasteiger partial charge on any atom is -0.368 e. The smallest absolute Gasteiger partial charge is 0.160 e. The number of rotatable bonds is 6. The number of aromatic nitrogens is 3. The third-order valence-electron chi connectivity index (χ3n) is 4.44. The van der Waals surface area contributed by atoms with Gasteiger partial charge in [0.2, 0.25) is 0 Å². The summed E-state index contributed by atoms with van der Waals surface area (Å²) in [6.45, 7) is 7.08. The highest BCUT2D eigenvalue weighted by atomic mass is 32.1. The van der Waals surface area contributed by atoms with E-state index >= 15 is 0 Å². The van der Waals surface area contributed by atoms with Gasteiger partial charge in [0, 0.05) is 28.7 Å². The van der Waals surface area contributed by atoms with Gasteiger partial charge >= 0.3 is 0 Å². The van der Waals surface area contributed by atoms with Crippen LogP contribution in [0, 0.1) is 13.8 Å². The molecule has 6 heteroatoms. The van der Waals surface area contributed by atoms with Crippen molar-refractivity contribution in [2.75, 3.05) is 26.0 Å². The van der Waals surface area contributed by atoms with Gasteiger partial charge in [-0.3, -0.25) is 0 Å². The summed E-state index contributed by atoms with van der Waals surface area (Å²) < 4.78 is 1.94. The molecule has 0 aliphatic heterocycles. The molecule has 0 radical (unpaired) electrons. The number of anilines is 1. The predicted molar refractivity (Wildman–Crippen MR) is 101 cm³/mol. The molecule has 3 heterocycles. The van der Waals surface area contributed by atoms with Crippen LogP contribution >= 0.6 is 11.3 Å². The van der Waals surface area contributed by atoms with Crippen molar-refractivity contribution >= 4 is 22.8 Å². The molecule has 0 fully saturated rings. The lowest BCUT2D eigenvalue weighted by atomic mass is 10.2. The fourth-order valence-corrected chi connectivity index (χ4v) is 3.73. The number of fused-ring (bicyclic) bond motifs is 1. The van der Waals surface area contributed by atoms with Crippen molar-refractivity contribution in [3.63, 3.8) is 0 Å². The first kappa shape index (κ1) is 16.9. The third-order valence-corrected chi connectivity index (χ3v) is 5.42. The lowest BCUT2D eigenvalue weighted by Crippen LogP contribution is -2.26. The number of aryl methyl sites for hydroxylation is 3. The molecule has 0 saturated heterocycles. The summed E-state index contributed by atoms with van der Waals surface area (Å²) >= 11 is 1.80. The molecule has 1 N–H and O–H groups in total. The Kier molecular flexibility index (Phi) is 4.87. The van der Waals surface area contributed by atoms with Gasteiger partial charge in [0.05, 0.1) is 11.7 Å². The fourth-order valence-electron chi connectivity index (χ4n) is 2.81. The van der Waals surface area contributed by atoms with E-state index < -0.39 is 0 Å². The first-order valence-corrected chi connectivity index (χ1v) is 9.18. The maximum absolute atomic E-state index is 4.74. The summed E-state index contributed by atoms with van der Waals surface area (Å²) in [6.07, 6.45) is 0.914. The van der Waals surface area contributed by atoms with E-state index in [9.17, 15) is 0 Å². The molecule has 24 heavy (non-hydrogen) atoms. The molecule has 3 aromatic heterocycles. The molecular weight excluding hydrogens is 318 g/mol. The quantitative estimate of drug-likeness (QED) is 0.741. The van der Waals surface area contributed by atoms with Gasteiger partial charge in [0.1, 0.15) is 5.82 Å². The maximum Gasteiger partial charge on any atom is 0.160 e. The van der Waals surface area contributed by atoms with E-state index in [1.54, 1.807) is 11.3 Å². The van der Waals surface area contributed by atoms with Crippen molar-refractivity contribution in [2.24, 2.45) is 0 Å². The average molecular weight is 344 g/mol. The lowest BCUT2D eigenvalue weighted by molar-refractivity contribution is 0.316. The van der Waals surface area contributed by atoms with Gasteiger partial charge in [-0.25, -0.2) is 4.98 Å². The van der Waals surface area contributed by atoms with E-state index in [4.69, 9.17) is 4.98 Å². The second-order valence-corrected chi connectivity index (χ2v) is 7.29. The van der Waals surface area contributed by atoms with Crippen LogP contribution in [0.3, 0.4) is 0 Å². The van der Waals surface area contributed by atoms with Crippen LogP contribution in [0.1, 0.15) is 34.8 Å². The number of nitrogens with one attached hydrogen (secondary N) is 1. The van der Waals surface area contributed by atoms with Crippen molar-refractivity contribution in [1.29, 1.82) is 0 Å². The minimum absolute atomic E-state index is 0.330. The topological polar surface area (TPSA) is 45.5 Å². The Morgan fingerprint density at radius 1 is 1.33 bits per heavy atom. The van der Waals surface area contributed by atoms with Gasteiger partial charge in [0.25, 0.3) is 0 Å². The van der Waals surface area contributed by atoms with Crippen molar-refractivity contribution in [3.05, 3.63) is 45.4 Å². The molecule has 5 nitrogen and oxygen atoms in total. The Labute approximate surface area is 147 Å². The third kappa shape index (κ3) is 3.16. The Bertz CT molecular complexity index is 820. The zero-order chi connectivity index (χ0) is 17.3. The zero-order valence-corrected chi connectivity index (χ0v) is 15.8. The van der Waals surface area contributed by atoms with Crippen LogP contribution in [0.25, 0.3) is 5.65 Å². The Hall–Kier alpha value is -1.92. The SMILES string of the molecule is CCc1cc(NC[C@H](c2cccs2)N(C)C)n2nc(C)c(C)c2n1. The monoisotopic (exact) mass is 343 g/mol. The van der Waals surface area contributed by atoms with E-state index in [1.807, 2.05) is 11.4 Å². The first-order valence-electron chi connectivity index (χ1n) is 8.30. The highest BCUT2D eigenvalue weighted by Gasteiger charge is 2.17. The van der Waals surface area contributed by atoms with Gasteiger partial charge in [0.15, 0.2) is 5.65 Å². The summed E-state index contributed by atoms with van der Waals surface area (Å²) in [4.78, 5) is 8.35. The van der Waals surface area contributed by atoms with Crippen LogP contribution in [0.2, 0.25) is 0 Å². The maximum atomic E-state index is 4.74. The molecule has 128 valence electrons. The van der Waals surface area contributed by atoms with Gasteiger partial charge < -0.3 is 10.2 Å². The number of hydrogen-bond acceptors (Lipinski definition) is 5. The lowest BCUT2D eigenvalue weighted by Gasteiger charge is -2.24. The molecule has 3 rings (SSSR count). The standard InChI is InChI=1S/C18H25N5S/c1-6-14-10-17(23-18(20-14)12(2)13(3)21-23)19-11-15(22(4)5)16-8-7-9-24-16/h7-10,15,19H,6,11H2,1-5H3/t15-/m1/s1. The van der Waals surface area contributed by atoms with Crippen LogP contribution in [0.4, 0.5) is 5.82 Å². The number of thiophene rings is 1. The molecule has 1 atom stereocenters. The van der Waals surface area contributed by atoms with Crippen molar-refractivity contribution in [3.8, 4) is 0 Å². The van der Waals surface area contributed by atoms with Crippen molar-refractivity contribution < 1.29 is 0 Å². The minimum atomic E-state index is 0.330. The summed E-state index contributed by atoms with van der Waals surface area (Å²) in [5.41, 5.74) is 4.22. The Morgan fingerprint density at radius 2 is 2.12 bits per heavy atom. The van der Waals surface area contributed by atoms with Gasteiger partial charge in [-0.05, 0) is 45.8 Å². The average Bonchev–Trinajstić information content (AvgIpc) is 3.17. The van der Waals surface area contributed by atoms with Crippen LogP contribution in [0.5, 0.6) is 0 Å². The second kappa shape index (κ2) is 6.91. The molecule has 0 bridgehead atoms. The number of nitrogens with zero attached hydrogens (tertiary/aromatic N) is 4. The Morgan fingerprint density at radius 3 is 2.75 bits per heavy atom.